The maximum absolute atomic E-state index is 12.9. The highest BCUT2D eigenvalue weighted by atomic mass is 16.5. The number of rotatable bonds is 17. The van der Waals surface area contributed by atoms with Crippen molar-refractivity contribution in [1.82, 2.24) is 43.6 Å². The molecule has 61 heavy (non-hydrogen) atoms. The Hall–Kier alpha value is -7.37. The predicted octanol–water partition coefficient (Wildman–Crippen LogP) is 4.68. The number of nitrogens with one attached hydrogen (secondary N) is 2. The highest BCUT2D eigenvalue weighted by Gasteiger charge is 2.28. The molecule has 0 spiro atoms. The van der Waals surface area contributed by atoms with Crippen LogP contribution in [0, 0.1) is 13.8 Å². The second-order valence-corrected chi connectivity index (χ2v) is 14.0. The van der Waals surface area contributed by atoms with Crippen LogP contribution in [0.25, 0.3) is 11.9 Å². The van der Waals surface area contributed by atoms with Crippen molar-refractivity contribution in [2.75, 3.05) is 41.6 Å². The molecule has 324 valence electrons. The average Bonchev–Trinajstić information content (AvgIpc) is 3.86. The van der Waals surface area contributed by atoms with E-state index >= 15 is 0 Å². The Morgan fingerprint density at radius 2 is 1.13 bits per heavy atom. The number of carbonyl (C=O) groups is 4. The highest BCUT2D eigenvalue weighted by Crippen LogP contribution is 2.38. The Morgan fingerprint density at radius 3 is 1.52 bits per heavy atom. The van der Waals surface area contributed by atoms with Gasteiger partial charge in [0.05, 0.1) is 24.1 Å². The molecule has 5 rings (SSSR count). The van der Waals surface area contributed by atoms with Gasteiger partial charge in [-0.25, -0.2) is 4.79 Å². The summed E-state index contributed by atoms with van der Waals surface area (Å²) in [6.45, 7) is 9.15. The van der Waals surface area contributed by atoms with Gasteiger partial charge in [-0.05, 0) is 39.5 Å². The van der Waals surface area contributed by atoms with Crippen molar-refractivity contribution in [3.8, 4) is 11.9 Å². The molecule has 24 nitrogen and oxygen atoms in total. The van der Waals surface area contributed by atoms with E-state index < -0.39 is 18.4 Å². The van der Waals surface area contributed by atoms with Crippen LogP contribution in [0.2, 0.25) is 0 Å². The first kappa shape index (κ1) is 44.7. The Bertz CT molecular complexity index is 2400. The number of hydrogen-bond acceptors (Lipinski definition) is 18. The molecule has 5 aromatic heterocycles. The number of aliphatic hydroxyl groups excluding tert-OH is 1. The van der Waals surface area contributed by atoms with Gasteiger partial charge in [-0.1, -0.05) is 26.7 Å². The normalized spacial score (nSPS) is 11.6. The number of anilines is 5. The summed E-state index contributed by atoms with van der Waals surface area (Å²) in [4.78, 5) is 62.9. The fraction of sp³-hybridized carbons (Fsp3) is 0.432. The van der Waals surface area contributed by atoms with Crippen LogP contribution in [-0.4, -0.2) is 86.0 Å². The summed E-state index contributed by atoms with van der Waals surface area (Å²) in [5.41, 5.74) is 21.8. The lowest BCUT2D eigenvalue weighted by Crippen LogP contribution is -2.15. The molecule has 0 fully saturated rings. The first-order valence-corrected chi connectivity index (χ1v) is 19.3. The fourth-order valence-electron chi connectivity index (χ4n) is 6.55. The molecule has 0 unspecified atom stereocenters. The highest BCUT2D eigenvalue weighted by molar-refractivity contribution is 6.05. The average molecular weight is 843 g/mol. The number of aliphatic hydroxyl groups is 1. The SMILES string of the molecule is CCCCc1nn(-c2nc(N)nc(-n3nc(CCCC)c(/N=N/c4c(C(=O)OC)c(C)c(NC(C)=O)n4C)c3N)n2)c(N)c1/N=N/c1c(C(=O)CO)c(C)c(NC(C)=O)n1C. The lowest BCUT2D eigenvalue weighted by atomic mass is 10.1. The molecular weight excluding hydrogens is 793 g/mol. The molecule has 9 N–H and O–H groups in total. The number of unbranched alkanes of at least 4 members (excludes halogenated alkanes) is 2. The van der Waals surface area contributed by atoms with Crippen LogP contribution in [0.3, 0.4) is 0 Å². The van der Waals surface area contributed by atoms with Gasteiger partial charge in [0.2, 0.25) is 17.8 Å². The van der Waals surface area contributed by atoms with Gasteiger partial charge in [0.25, 0.3) is 11.9 Å². The minimum absolute atomic E-state index is 0.0182. The van der Waals surface area contributed by atoms with Crippen molar-refractivity contribution in [3.05, 3.63) is 33.6 Å². The second-order valence-electron chi connectivity index (χ2n) is 14.0. The number of aromatic nitrogens is 9. The van der Waals surface area contributed by atoms with Crippen molar-refractivity contribution >= 4 is 75.8 Å². The van der Waals surface area contributed by atoms with E-state index in [2.05, 4.69) is 56.2 Å². The third-order valence-corrected chi connectivity index (χ3v) is 9.58. The van der Waals surface area contributed by atoms with Crippen LogP contribution in [0.1, 0.15) is 96.6 Å². The number of esters is 1. The van der Waals surface area contributed by atoms with Crippen LogP contribution >= 0.6 is 0 Å². The number of amides is 2. The zero-order valence-corrected chi connectivity index (χ0v) is 35.5. The van der Waals surface area contributed by atoms with Gasteiger partial charge < -0.3 is 46.8 Å². The molecule has 0 aliphatic rings. The number of nitrogen functional groups attached to an aromatic ring is 3. The molecule has 0 aromatic carbocycles. The largest absolute Gasteiger partial charge is 0.465 e. The molecule has 0 bridgehead atoms. The smallest absolute Gasteiger partial charge is 0.342 e. The van der Waals surface area contributed by atoms with Crippen LogP contribution in [0.15, 0.2) is 20.5 Å². The third kappa shape index (κ3) is 8.97. The topological polar surface area (TPSA) is 333 Å². The first-order chi connectivity index (χ1) is 29.0. The van der Waals surface area contributed by atoms with E-state index in [4.69, 9.17) is 21.9 Å². The van der Waals surface area contributed by atoms with Crippen molar-refractivity contribution in [2.24, 2.45) is 34.6 Å². The van der Waals surface area contributed by atoms with Crippen molar-refractivity contribution in [1.29, 1.82) is 0 Å². The van der Waals surface area contributed by atoms with Crippen LogP contribution in [0.5, 0.6) is 0 Å². The molecule has 0 atom stereocenters. The number of Topliss-reactive ketones (excluding diaryl/α,β-unsaturated/α-hetero) is 1. The van der Waals surface area contributed by atoms with E-state index in [1.807, 2.05) is 13.8 Å². The standard InChI is InChI=1S/C37H50N18O6/c1-10-12-14-21-26(46-48-32-24(23(59)16-56)17(3)30(52(32)7)41-19(5)57)28(38)54(50-21)36-43-35(40)44-37(45-36)55-29(39)27(22(51-55)15-13-11-2)47-49-33-25(34(60)61-9)18(4)31(53(33)8)42-20(6)58/h56H,10-16,38-39H2,1-9H3,(H,41,57)(H,42,58)(H2,40,43,44,45)/b48-46+,49-47+. The summed E-state index contributed by atoms with van der Waals surface area (Å²) < 4.78 is 10.4. The van der Waals surface area contributed by atoms with E-state index in [0.717, 1.165) is 12.8 Å². The number of hydrogen-bond donors (Lipinski definition) is 6. The maximum atomic E-state index is 12.9. The lowest BCUT2D eigenvalue weighted by molar-refractivity contribution is -0.115. The fourth-order valence-corrected chi connectivity index (χ4v) is 6.55. The lowest BCUT2D eigenvalue weighted by Gasteiger charge is -2.07. The van der Waals surface area contributed by atoms with E-state index in [0.29, 0.717) is 59.8 Å². The van der Waals surface area contributed by atoms with Gasteiger partial charge in [-0.3, -0.25) is 14.4 Å². The molecular formula is C37H50N18O6. The minimum Gasteiger partial charge on any atom is -0.465 e. The Balaban J connectivity index is 1.63. The van der Waals surface area contributed by atoms with E-state index in [1.165, 1.54) is 39.5 Å². The summed E-state index contributed by atoms with van der Waals surface area (Å²) >= 11 is 0. The maximum Gasteiger partial charge on any atom is 0.342 e. The van der Waals surface area contributed by atoms with Gasteiger partial charge in [-0.2, -0.15) is 34.5 Å². The van der Waals surface area contributed by atoms with Crippen LogP contribution < -0.4 is 27.8 Å². The molecule has 2 amide bonds. The van der Waals surface area contributed by atoms with Crippen molar-refractivity contribution in [2.45, 2.75) is 80.1 Å². The molecule has 5 heterocycles. The molecule has 0 radical (unpaired) electrons. The van der Waals surface area contributed by atoms with Crippen molar-refractivity contribution < 1.29 is 29.0 Å². The predicted molar refractivity (Wildman–Crippen MR) is 225 cm³/mol. The van der Waals surface area contributed by atoms with E-state index in [-0.39, 0.29) is 75.4 Å². The zero-order chi connectivity index (χ0) is 44.9. The van der Waals surface area contributed by atoms with Gasteiger partial charge in [0.15, 0.2) is 40.4 Å². The van der Waals surface area contributed by atoms with Gasteiger partial charge >= 0.3 is 5.97 Å². The summed E-state index contributed by atoms with van der Waals surface area (Å²) in [5.74, 6) is -1.73. The molecule has 0 saturated heterocycles. The number of nitrogens with two attached hydrogens (primary N) is 3. The first-order valence-electron chi connectivity index (χ1n) is 19.3. The number of aryl methyl sites for hydroxylation is 2. The summed E-state index contributed by atoms with van der Waals surface area (Å²) in [7, 11) is 4.44. The summed E-state index contributed by atoms with van der Waals surface area (Å²) in [6.07, 6.45) is 3.89. The van der Waals surface area contributed by atoms with Crippen molar-refractivity contribution in [3.63, 3.8) is 0 Å². The van der Waals surface area contributed by atoms with E-state index in [9.17, 15) is 24.3 Å². The number of nitrogens with zero attached hydrogens (tertiary/aromatic N) is 13. The van der Waals surface area contributed by atoms with Crippen LogP contribution in [0.4, 0.5) is 52.2 Å². The van der Waals surface area contributed by atoms with Gasteiger partial charge in [0, 0.05) is 39.1 Å². The summed E-state index contributed by atoms with van der Waals surface area (Å²) in [5, 5.41) is 42.2. The Labute approximate surface area is 349 Å². The van der Waals surface area contributed by atoms with Gasteiger partial charge in [-0.15, -0.1) is 20.5 Å². The number of carbonyl (C=O) groups excluding carboxylic acids is 4. The monoisotopic (exact) mass is 842 g/mol. The Kier molecular flexibility index (Phi) is 13.7. The molecule has 0 saturated carbocycles. The molecule has 0 aliphatic heterocycles. The summed E-state index contributed by atoms with van der Waals surface area (Å²) in [6, 6.07) is 0. The number of azo groups is 2. The molecule has 24 heteroatoms. The van der Waals surface area contributed by atoms with Crippen LogP contribution in [-0.2, 0) is 41.3 Å². The molecule has 5 aromatic rings. The number of methoxy groups -OCH3 is 1. The van der Waals surface area contributed by atoms with Gasteiger partial charge in [0.1, 0.15) is 23.8 Å². The number of ether oxygens (including phenoxy) is 1. The number of ketones is 1. The third-order valence-electron chi connectivity index (χ3n) is 9.58. The quantitative estimate of drug-likeness (QED) is 0.0421. The second kappa shape index (κ2) is 18.7. The minimum atomic E-state index is -0.799. The zero-order valence-electron chi connectivity index (χ0n) is 35.5. The Morgan fingerprint density at radius 1 is 0.705 bits per heavy atom. The molecule has 0 aliphatic carbocycles. The van der Waals surface area contributed by atoms with E-state index in [1.54, 1.807) is 27.9 Å².